The number of nitrogens with one attached hydrogen (secondary N) is 1. The molecule has 7 heteroatoms. The number of halogens is 2. The summed E-state index contributed by atoms with van der Waals surface area (Å²) in [6.45, 7) is 1.38. The van der Waals surface area contributed by atoms with E-state index >= 15 is 0 Å². The number of hydrogen-bond donors (Lipinski definition) is 1. The number of aromatic nitrogens is 2. The average molecular weight is 490 g/mol. The standard InChI is InChI=1S/C28H25ClFN3O2/c1-34-27-10-7-18(13-28(27)35-2)11-12-31-16-19-14-25(21-5-3-4-6-22(21)30)33-24-9-8-20(29)15-23(24)32-17-26(19)33/h3-10,13-15,17,31H,11-12,16H2,1-2H3. The van der Waals surface area contributed by atoms with Gasteiger partial charge in [0, 0.05) is 17.1 Å². The monoisotopic (exact) mass is 489 g/mol. The van der Waals surface area contributed by atoms with Crippen molar-refractivity contribution >= 4 is 28.2 Å². The first kappa shape index (κ1) is 23.1. The zero-order valence-corrected chi connectivity index (χ0v) is 20.3. The highest BCUT2D eigenvalue weighted by atomic mass is 35.5. The number of methoxy groups -OCH3 is 2. The topological polar surface area (TPSA) is 47.8 Å². The number of hydrogen-bond acceptors (Lipinski definition) is 4. The number of benzene rings is 3. The van der Waals surface area contributed by atoms with Crippen LogP contribution in [0.4, 0.5) is 4.39 Å². The molecule has 0 saturated carbocycles. The molecule has 0 atom stereocenters. The van der Waals surface area contributed by atoms with Crippen molar-refractivity contribution in [2.24, 2.45) is 0 Å². The zero-order valence-electron chi connectivity index (χ0n) is 19.5. The predicted octanol–water partition coefficient (Wildman–Crippen LogP) is 6.30. The molecule has 0 radical (unpaired) electrons. The highest BCUT2D eigenvalue weighted by Crippen LogP contribution is 2.32. The second kappa shape index (κ2) is 9.94. The van der Waals surface area contributed by atoms with Crippen molar-refractivity contribution in [2.45, 2.75) is 13.0 Å². The third-order valence-electron chi connectivity index (χ3n) is 6.13. The minimum atomic E-state index is -0.265. The molecule has 0 aliphatic heterocycles. The first-order valence-corrected chi connectivity index (χ1v) is 11.7. The molecule has 5 rings (SSSR count). The van der Waals surface area contributed by atoms with Gasteiger partial charge in [0.1, 0.15) is 5.82 Å². The van der Waals surface area contributed by atoms with Gasteiger partial charge in [0.05, 0.1) is 42.7 Å². The highest BCUT2D eigenvalue weighted by molar-refractivity contribution is 6.31. The summed E-state index contributed by atoms with van der Waals surface area (Å²) in [6, 6.07) is 20.4. The molecule has 0 aliphatic carbocycles. The van der Waals surface area contributed by atoms with Crippen LogP contribution in [0.1, 0.15) is 11.1 Å². The van der Waals surface area contributed by atoms with Crippen LogP contribution in [0.3, 0.4) is 0 Å². The van der Waals surface area contributed by atoms with Gasteiger partial charge < -0.3 is 19.2 Å². The first-order valence-electron chi connectivity index (χ1n) is 11.3. The van der Waals surface area contributed by atoms with Crippen LogP contribution in [0, 0.1) is 5.82 Å². The third kappa shape index (κ3) is 4.55. The SMILES string of the molecule is COc1ccc(CCNCc2cc(-c3ccccc3F)n3c2cnc2cc(Cl)ccc23)cc1OC. The van der Waals surface area contributed by atoms with Gasteiger partial charge in [0.15, 0.2) is 11.5 Å². The average Bonchev–Trinajstić information content (AvgIpc) is 3.25. The van der Waals surface area contributed by atoms with E-state index in [1.54, 1.807) is 26.4 Å². The fourth-order valence-corrected chi connectivity index (χ4v) is 4.56. The molecule has 0 aliphatic rings. The van der Waals surface area contributed by atoms with Gasteiger partial charge in [-0.05, 0) is 72.6 Å². The van der Waals surface area contributed by atoms with Crippen molar-refractivity contribution in [1.82, 2.24) is 14.7 Å². The van der Waals surface area contributed by atoms with E-state index in [0.29, 0.717) is 22.9 Å². The van der Waals surface area contributed by atoms with Crippen LogP contribution in [0.25, 0.3) is 27.8 Å². The molecule has 5 aromatic rings. The maximum atomic E-state index is 14.8. The van der Waals surface area contributed by atoms with E-state index in [4.69, 9.17) is 21.1 Å². The van der Waals surface area contributed by atoms with Gasteiger partial charge in [0.25, 0.3) is 0 Å². The summed E-state index contributed by atoms with van der Waals surface area (Å²) in [6.07, 6.45) is 2.65. The molecule has 5 nitrogen and oxygen atoms in total. The van der Waals surface area contributed by atoms with E-state index in [0.717, 1.165) is 52.1 Å². The van der Waals surface area contributed by atoms with E-state index in [1.807, 2.05) is 54.7 Å². The molecule has 0 amide bonds. The van der Waals surface area contributed by atoms with Gasteiger partial charge in [0.2, 0.25) is 0 Å². The van der Waals surface area contributed by atoms with Crippen LogP contribution in [0.5, 0.6) is 11.5 Å². The number of ether oxygens (including phenoxy) is 2. The summed E-state index contributed by atoms with van der Waals surface area (Å²) in [4.78, 5) is 4.62. The number of nitrogens with zero attached hydrogens (tertiary/aromatic N) is 2. The Bertz CT molecular complexity index is 1520. The Kier molecular flexibility index (Phi) is 6.57. The molecule has 0 spiro atoms. The lowest BCUT2D eigenvalue weighted by atomic mass is 10.1. The summed E-state index contributed by atoms with van der Waals surface area (Å²) in [7, 11) is 3.26. The smallest absolute Gasteiger partial charge is 0.160 e. The third-order valence-corrected chi connectivity index (χ3v) is 6.36. The molecule has 178 valence electrons. The maximum absolute atomic E-state index is 14.8. The highest BCUT2D eigenvalue weighted by Gasteiger charge is 2.16. The Morgan fingerprint density at radius 3 is 2.57 bits per heavy atom. The Morgan fingerprint density at radius 2 is 1.77 bits per heavy atom. The summed E-state index contributed by atoms with van der Waals surface area (Å²) >= 11 is 6.19. The van der Waals surface area contributed by atoms with Gasteiger partial charge in [-0.15, -0.1) is 0 Å². The van der Waals surface area contributed by atoms with Gasteiger partial charge >= 0.3 is 0 Å². The Labute approximate surface area is 208 Å². The molecule has 0 saturated heterocycles. The van der Waals surface area contributed by atoms with Crippen LogP contribution in [0.15, 0.2) is 72.9 Å². The van der Waals surface area contributed by atoms with Crippen LogP contribution in [0.2, 0.25) is 5.02 Å². The summed E-state index contributed by atoms with van der Waals surface area (Å²) in [5, 5.41) is 4.13. The van der Waals surface area contributed by atoms with E-state index in [9.17, 15) is 4.39 Å². The van der Waals surface area contributed by atoms with Crippen LogP contribution in [-0.2, 0) is 13.0 Å². The molecule has 0 bridgehead atoms. The van der Waals surface area contributed by atoms with Crippen molar-refractivity contribution in [2.75, 3.05) is 20.8 Å². The summed E-state index contributed by atoms with van der Waals surface area (Å²) in [5.41, 5.74) is 6.07. The van der Waals surface area contributed by atoms with Gasteiger partial charge in [-0.2, -0.15) is 0 Å². The van der Waals surface area contributed by atoms with E-state index < -0.39 is 0 Å². The van der Waals surface area contributed by atoms with Crippen molar-refractivity contribution in [1.29, 1.82) is 0 Å². The van der Waals surface area contributed by atoms with E-state index in [-0.39, 0.29) is 5.82 Å². The zero-order chi connectivity index (χ0) is 24.4. The molecule has 2 aromatic heterocycles. The van der Waals surface area contributed by atoms with Gasteiger partial charge in [-0.3, -0.25) is 4.98 Å². The van der Waals surface area contributed by atoms with Crippen molar-refractivity contribution < 1.29 is 13.9 Å². The molecule has 35 heavy (non-hydrogen) atoms. The molecule has 3 aromatic carbocycles. The molecule has 0 fully saturated rings. The lowest BCUT2D eigenvalue weighted by Crippen LogP contribution is -2.16. The molecule has 1 N–H and O–H groups in total. The van der Waals surface area contributed by atoms with Crippen molar-refractivity contribution in [3.63, 3.8) is 0 Å². The van der Waals surface area contributed by atoms with Gasteiger partial charge in [-0.1, -0.05) is 29.8 Å². The van der Waals surface area contributed by atoms with Crippen molar-refractivity contribution in [3.05, 3.63) is 94.9 Å². The number of fused-ring (bicyclic) bond motifs is 3. The lowest BCUT2D eigenvalue weighted by molar-refractivity contribution is 0.354. The predicted molar refractivity (Wildman–Crippen MR) is 138 cm³/mol. The molecule has 2 heterocycles. The molecular weight excluding hydrogens is 465 g/mol. The van der Waals surface area contributed by atoms with E-state index in [2.05, 4.69) is 14.7 Å². The Balaban J connectivity index is 1.45. The second-order valence-corrected chi connectivity index (χ2v) is 8.70. The molecular formula is C28H25ClFN3O2. The minimum Gasteiger partial charge on any atom is -0.493 e. The van der Waals surface area contributed by atoms with Crippen molar-refractivity contribution in [3.8, 4) is 22.8 Å². The van der Waals surface area contributed by atoms with Crippen LogP contribution in [-0.4, -0.2) is 30.1 Å². The largest absolute Gasteiger partial charge is 0.493 e. The lowest BCUT2D eigenvalue weighted by Gasteiger charge is -2.10. The quantitative estimate of drug-likeness (QED) is 0.260. The fourth-order valence-electron chi connectivity index (χ4n) is 4.40. The summed E-state index contributed by atoms with van der Waals surface area (Å²) in [5.74, 6) is 1.17. The molecule has 0 unspecified atom stereocenters. The van der Waals surface area contributed by atoms with Crippen LogP contribution < -0.4 is 14.8 Å². The van der Waals surface area contributed by atoms with E-state index in [1.165, 1.54) is 6.07 Å². The normalized spacial score (nSPS) is 11.3. The summed E-state index contributed by atoms with van der Waals surface area (Å²) < 4.78 is 27.6. The minimum absolute atomic E-state index is 0.265. The Morgan fingerprint density at radius 1 is 0.943 bits per heavy atom. The number of rotatable bonds is 8. The van der Waals surface area contributed by atoms with Gasteiger partial charge in [-0.25, -0.2) is 4.39 Å². The Hall–Kier alpha value is -3.61. The fraction of sp³-hybridized carbons (Fsp3) is 0.179. The van der Waals surface area contributed by atoms with Crippen LogP contribution >= 0.6 is 11.6 Å². The maximum Gasteiger partial charge on any atom is 0.160 e. The second-order valence-electron chi connectivity index (χ2n) is 8.26. The first-order chi connectivity index (χ1) is 17.1.